The average molecular weight is 216 g/mol. The van der Waals surface area contributed by atoms with Crippen LogP contribution < -0.4 is 5.32 Å². The third-order valence-corrected chi connectivity index (χ3v) is 2.20. The largest absolute Gasteiger partial charge is 0.462 e. The zero-order valence-electron chi connectivity index (χ0n) is 9.71. The number of amides is 1. The van der Waals surface area contributed by atoms with Gasteiger partial charge in [0.25, 0.3) is 0 Å². The van der Waals surface area contributed by atoms with Crippen molar-refractivity contribution >= 4 is 11.9 Å². The molecule has 0 atom stereocenters. The normalized spacial score (nSPS) is 10.1. The Morgan fingerprint density at radius 3 is 2.33 bits per heavy atom. The van der Waals surface area contributed by atoms with Gasteiger partial charge in [-0.3, -0.25) is 4.79 Å². The molecule has 0 aliphatic carbocycles. The van der Waals surface area contributed by atoms with Gasteiger partial charge in [0.15, 0.2) is 0 Å². The summed E-state index contributed by atoms with van der Waals surface area (Å²) in [6, 6.07) is 0. The molecule has 0 fully saturated rings. The average Bonchev–Trinajstić information content (AvgIpc) is 2.27. The summed E-state index contributed by atoms with van der Waals surface area (Å²) in [5.74, 6) is -1.50. The van der Waals surface area contributed by atoms with Crippen molar-refractivity contribution in [3.05, 3.63) is 0 Å². The molecule has 5 heteroatoms. The van der Waals surface area contributed by atoms with Gasteiger partial charge in [0.05, 0.1) is 7.11 Å². The van der Waals surface area contributed by atoms with Crippen LogP contribution in [0.15, 0.2) is 0 Å². The van der Waals surface area contributed by atoms with Gasteiger partial charge in [-0.25, -0.2) is 4.79 Å². The quantitative estimate of drug-likeness (QED) is 0.386. The highest BCUT2D eigenvalue weighted by Gasteiger charge is 2.11. The second kappa shape index (κ2) is 8.23. The van der Waals surface area contributed by atoms with Gasteiger partial charge in [0.2, 0.25) is 0 Å². The summed E-state index contributed by atoms with van der Waals surface area (Å²) < 4.78 is 4.27. The van der Waals surface area contributed by atoms with E-state index in [1.807, 2.05) is 0 Å². The zero-order chi connectivity index (χ0) is 11.7. The highest BCUT2D eigenvalue weighted by atomic mass is 16.5. The van der Waals surface area contributed by atoms with Crippen LogP contribution in [0, 0.1) is 0 Å². The molecule has 0 unspecified atom stereocenters. The van der Waals surface area contributed by atoms with E-state index in [2.05, 4.69) is 28.8 Å². The van der Waals surface area contributed by atoms with Crippen LogP contribution in [0.4, 0.5) is 0 Å². The Morgan fingerprint density at radius 2 is 1.87 bits per heavy atom. The van der Waals surface area contributed by atoms with Crippen molar-refractivity contribution in [1.29, 1.82) is 0 Å². The number of hydrogen-bond donors (Lipinski definition) is 1. The maximum absolute atomic E-state index is 11.0. The van der Waals surface area contributed by atoms with Crippen molar-refractivity contribution in [1.82, 2.24) is 10.2 Å². The Bertz CT molecular complexity index is 203. The lowest BCUT2D eigenvalue weighted by Crippen LogP contribution is -2.34. The van der Waals surface area contributed by atoms with Crippen molar-refractivity contribution in [3.8, 4) is 0 Å². The van der Waals surface area contributed by atoms with Gasteiger partial charge in [-0.1, -0.05) is 13.8 Å². The number of esters is 1. The van der Waals surface area contributed by atoms with Gasteiger partial charge in [-0.2, -0.15) is 0 Å². The van der Waals surface area contributed by atoms with E-state index < -0.39 is 11.9 Å². The molecule has 0 spiro atoms. The number of ether oxygens (including phenoxy) is 1. The Labute approximate surface area is 90.8 Å². The number of hydrogen-bond acceptors (Lipinski definition) is 4. The molecule has 0 heterocycles. The maximum Gasteiger partial charge on any atom is 0.396 e. The Kier molecular flexibility index (Phi) is 7.62. The lowest BCUT2D eigenvalue weighted by molar-refractivity contribution is -0.152. The van der Waals surface area contributed by atoms with E-state index in [0.717, 1.165) is 26.1 Å². The fourth-order valence-electron chi connectivity index (χ4n) is 1.21. The van der Waals surface area contributed by atoms with Crippen LogP contribution in [-0.4, -0.2) is 50.1 Å². The minimum Gasteiger partial charge on any atom is -0.462 e. The molecule has 0 radical (unpaired) electrons. The summed E-state index contributed by atoms with van der Waals surface area (Å²) in [5.41, 5.74) is 0. The standard InChI is InChI=1S/C10H20N2O3/c1-4-12(5-2)8-6-7-11-9(13)10(14)15-3/h4-8H2,1-3H3,(H,11,13). The van der Waals surface area contributed by atoms with Crippen molar-refractivity contribution in [2.24, 2.45) is 0 Å². The zero-order valence-corrected chi connectivity index (χ0v) is 9.71. The topological polar surface area (TPSA) is 58.6 Å². The first-order valence-electron chi connectivity index (χ1n) is 5.24. The monoisotopic (exact) mass is 216 g/mol. The molecule has 0 aromatic heterocycles. The van der Waals surface area contributed by atoms with Gasteiger partial charge in [0, 0.05) is 6.54 Å². The molecule has 0 aromatic rings. The summed E-state index contributed by atoms with van der Waals surface area (Å²) in [4.78, 5) is 23.9. The highest BCUT2D eigenvalue weighted by Crippen LogP contribution is 1.89. The van der Waals surface area contributed by atoms with E-state index in [-0.39, 0.29) is 0 Å². The van der Waals surface area contributed by atoms with E-state index in [1.54, 1.807) is 0 Å². The summed E-state index contributed by atoms with van der Waals surface area (Å²) in [5, 5.41) is 2.50. The second-order valence-corrected chi connectivity index (χ2v) is 3.13. The summed E-state index contributed by atoms with van der Waals surface area (Å²) >= 11 is 0. The molecule has 0 aromatic carbocycles. The van der Waals surface area contributed by atoms with Gasteiger partial charge in [-0.05, 0) is 26.1 Å². The minimum absolute atomic E-state index is 0.504. The first kappa shape index (κ1) is 13.9. The van der Waals surface area contributed by atoms with E-state index in [4.69, 9.17) is 0 Å². The van der Waals surface area contributed by atoms with Gasteiger partial charge in [0.1, 0.15) is 0 Å². The van der Waals surface area contributed by atoms with Crippen LogP contribution in [0.3, 0.4) is 0 Å². The van der Waals surface area contributed by atoms with Crippen molar-refractivity contribution < 1.29 is 14.3 Å². The van der Waals surface area contributed by atoms with Crippen molar-refractivity contribution in [2.45, 2.75) is 20.3 Å². The number of carbonyl (C=O) groups is 2. The second-order valence-electron chi connectivity index (χ2n) is 3.13. The van der Waals surface area contributed by atoms with E-state index in [9.17, 15) is 9.59 Å². The highest BCUT2D eigenvalue weighted by molar-refractivity contribution is 6.32. The number of nitrogens with one attached hydrogen (secondary N) is 1. The maximum atomic E-state index is 11.0. The van der Waals surface area contributed by atoms with Crippen LogP contribution in [0.1, 0.15) is 20.3 Å². The lowest BCUT2D eigenvalue weighted by Gasteiger charge is -2.17. The van der Waals surface area contributed by atoms with E-state index in [0.29, 0.717) is 6.54 Å². The van der Waals surface area contributed by atoms with Crippen LogP contribution in [0.5, 0.6) is 0 Å². The van der Waals surface area contributed by atoms with E-state index in [1.165, 1.54) is 7.11 Å². The van der Waals surface area contributed by atoms with Crippen LogP contribution in [0.2, 0.25) is 0 Å². The first-order valence-corrected chi connectivity index (χ1v) is 5.24. The summed E-state index contributed by atoms with van der Waals surface area (Å²) in [6.07, 6.45) is 0.838. The molecule has 0 rings (SSSR count). The minimum atomic E-state index is -0.835. The predicted molar refractivity (Wildman–Crippen MR) is 57.4 cm³/mol. The molecule has 0 bridgehead atoms. The Balaban J connectivity index is 3.54. The van der Waals surface area contributed by atoms with Crippen molar-refractivity contribution in [2.75, 3.05) is 33.3 Å². The molecule has 0 saturated heterocycles. The predicted octanol–water partition coefficient (Wildman–Crippen LogP) is 0.00750. The third kappa shape index (κ3) is 6.06. The molecular formula is C10H20N2O3. The van der Waals surface area contributed by atoms with E-state index >= 15 is 0 Å². The molecule has 15 heavy (non-hydrogen) atoms. The summed E-state index contributed by atoms with van der Waals surface area (Å²) in [7, 11) is 1.19. The van der Waals surface area contributed by atoms with Crippen LogP contribution in [0.25, 0.3) is 0 Å². The SMILES string of the molecule is CCN(CC)CCCNC(=O)C(=O)OC. The molecule has 0 aliphatic heterocycles. The van der Waals surface area contributed by atoms with Gasteiger partial charge >= 0.3 is 11.9 Å². The third-order valence-electron chi connectivity index (χ3n) is 2.20. The molecule has 88 valence electrons. The molecule has 1 N–H and O–H groups in total. The molecule has 0 aliphatic rings. The first-order chi connectivity index (χ1) is 7.15. The number of carbonyl (C=O) groups excluding carboxylic acids is 2. The molecule has 0 saturated carbocycles. The fraction of sp³-hybridized carbons (Fsp3) is 0.800. The fourth-order valence-corrected chi connectivity index (χ4v) is 1.21. The lowest BCUT2D eigenvalue weighted by atomic mass is 10.3. The Hall–Kier alpha value is -1.10. The molecular weight excluding hydrogens is 196 g/mol. The smallest absolute Gasteiger partial charge is 0.396 e. The van der Waals surface area contributed by atoms with Gasteiger partial charge in [-0.15, -0.1) is 0 Å². The van der Waals surface area contributed by atoms with Crippen LogP contribution >= 0.6 is 0 Å². The van der Waals surface area contributed by atoms with Gasteiger partial charge < -0.3 is 15.0 Å². The van der Waals surface area contributed by atoms with Crippen LogP contribution in [-0.2, 0) is 14.3 Å². The number of rotatable bonds is 6. The number of methoxy groups -OCH3 is 1. The molecule has 5 nitrogen and oxygen atoms in total. The number of nitrogens with zero attached hydrogens (tertiary/aromatic N) is 1. The Morgan fingerprint density at radius 1 is 1.27 bits per heavy atom. The summed E-state index contributed by atoms with van der Waals surface area (Å²) in [6.45, 7) is 7.62. The molecule has 1 amide bonds. The van der Waals surface area contributed by atoms with Crippen molar-refractivity contribution in [3.63, 3.8) is 0 Å².